The van der Waals surface area contributed by atoms with Gasteiger partial charge < -0.3 is 14.6 Å². The zero-order chi connectivity index (χ0) is 17.8. The second kappa shape index (κ2) is 7.80. The zero-order valence-corrected chi connectivity index (χ0v) is 15.0. The maximum atomic E-state index is 12.3. The van der Waals surface area contributed by atoms with Gasteiger partial charge in [-0.25, -0.2) is 0 Å². The van der Waals surface area contributed by atoms with Gasteiger partial charge in [-0.15, -0.1) is 11.3 Å². The lowest BCUT2D eigenvalue weighted by molar-refractivity contribution is 0.0958. The standard InChI is InChI=1S/C19H19N3O3S/c23-18(16-9-8-15(26-16)14-7-4-12-24-14)20-11-10-17-21-19(25-22-17)13-5-2-1-3-6-13/h1-3,5-6,8-9,14H,4,7,10-12H2,(H,20,23). The first-order valence-electron chi connectivity index (χ1n) is 8.67. The van der Waals surface area contributed by atoms with E-state index in [1.54, 1.807) is 0 Å². The fourth-order valence-corrected chi connectivity index (χ4v) is 3.89. The summed E-state index contributed by atoms with van der Waals surface area (Å²) in [6, 6.07) is 13.5. The third kappa shape index (κ3) is 3.84. The summed E-state index contributed by atoms with van der Waals surface area (Å²) in [4.78, 5) is 18.5. The summed E-state index contributed by atoms with van der Waals surface area (Å²) < 4.78 is 10.9. The Morgan fingerprint density at radius 3 is 2.92 bits per heavy atom. The molecule has 4 rings (SSSR count). The van der Waals surface area contributed by atoms with Crippen molar-refractivity contribution in [1.82, 2.24) is 15.5 Å². The molecule has 1 fully saturated rings. The first-order valence-corrected chi connectivity index (χ1v) is 9.49. The number of rotatable bonds is 6. The number of ether oxygens (including phenoxy) is 1. The van der Waals surface area contributed by atoms with Crippen molar-refractivity contribution >= 4 is 17.2 Å². The maximum Gasteiger partial charge on any atom is 0.261 e. The monoisotopic (exact) mass is 369 g/mol. The van der Waals surface area contributed by atoms with Crippen LogP contribution in [0.25, 0.3) is 11.5 Å². The Labute approximate surface area is 155 Å². The summed E-state index contributed by atoms with van der Waals surface area (Å²) in [6.07, 6.45) is 2.78. The highest BCUT2D eigenvalue weighted by Crippen LogP contribution is 2.33. The van der Waals surface area contributed by atoms with Crippen molar-refractivity contribution in [2.75, 3.05) is 13.2 Å². The van der Waals surface area contributed by atoms with Crippen LogP contribution >= 0.6 is 11.3 Å². The molecule has 0 spiro atoms. The van der Waals surface area contributed by atoms with Crippen LogP contribution in [0, 0.1) is 0 Å². The first kappa shape index (κ1) is 16.9. The van der Waals surface area contributed by atoms with Gasteiger partial charge in [-0.3, -0.25) is 4.79 Å². The fourth-order valence-electron chi connectivity index (χ4n) is 2.88. The van der Waals surface area contributed by atoms with E-state index in [0.717, 1.165) is 29.9 Å². The Bertz CT molecular complexity index is 869. The van der Waals surface area contributed by atoms with Crippen molar-refractivity contribution in [3.63, 3.8) is 0 Å². The van der Waals surface area contributed by atoms with Gasteiger partial charge in [0.25, 0.3) is 11.8 Å². The lowest BCUT2D eigenvalue weighted by Gasteiger charge is -2.05. The molecular formula is C19H19N3O3S. The molecule has 1 amide bonds. The molecule has 0 saturated carbocycles. The van der Waals surface area contributed by atoms with Gasteiger partial charge >= 0.3 is 0 Å². The number of nitrogens with one attached hydrogen (secondary N) is 1. The van der Waals surface area contributed by atoms with E-state index in [4.69, 9.17) is 9.26 Å². The van der Waals surface area contributed by atoms with Gasteiger partial charge in [0.15, 0.2) is 5.82 Å². The van der Waals surface area contributed by atoms with E-state index in [1.165, 1.54) is 11.3 Å². The maximum absolute atomic E-state index is 12.3. The molecule has 1 unspecified atom stereocenters. The van der Waals surface area contributed by atoms with Gasteiger partial charge in [0.05, 0.1) is 11.0 Å². The molecule has 1 aliphatic rings. The second-order valence-electron chi connectivity index (χ2n) is 6.09. The zero-order valence-electron chi connectivity index (χ0n) is 14.2. The second-order valence-corrected chi connectivity index (χ2v) is 7.21. The van der Waals surface area contributed by atoms with E-state index >= 15 is 0 Å². The minimum Gasteiger partial charge on any atom is -0.373 e. The number of carbonyl (C=O) groups is 1. The normalized spacial score (nSPS) is 16.7. The van der Waals surface area contributed by atoms with Crippen LogP contribution in [0.2, 0.25) is 0 Å². The van der Waals surface area contributed by atoms with Crippen LogP contribution in [0.5, 0.6) is 0 Å². The molecule has 2 aromatic heterocycles. The number of benzene rings is 1. The summed E-state index contributed by atoms with van der Waals surface area (Å²) >= 11 is 1.50. The Hall–Kier alpha value is -2.51. The number of hydrogen-bond donors (Lipinski definition) is 1. The Balaban J connectivity index is 1.29. The molecule has 26 heavy (non-hydrogen) atoms. The highest BCUT2D eigenvalue weighted by molar-refractivity contribution is 7.14. The molecule has 1 N–H and O–H groups in total. The largest absolute Gasteiger partial charge is 0.373 e. The summed E-state index contributed by atoms with van der Waals surface area (Å²) in [5, 5.41) is 6.88. The number of hydrogen-bond acceptors (Lipinski definition) is 6. The van der Waals surface area contributed by atoms with E-state index < -0.39 is 0 Å². The average Bonchev–Trinajstić information content (AvgIpc) is 3.42. The molecule has 0 radical (unpaired) electrons. The van der Waals surface area contributed by atoms with Crippen LogP contribution in [0.3, 0.4) is 0 Å². The van der Waals surface area contributed by atoms with E-state index in [0.29, 0.717) is 29.6 Å². The third-order valence-electron chi connectivity index (χ3n) is 4.22. The van der Waals surface area contributed by atoms with Crippen molar-refractivity contribution in [2.45, 2.75) is 25.4 Å². The van der Waals surface area contributed by atoms with E-state index in [-0.39, 0.29) is 12.0 Å². The lowest BCUT2D eigenvalue weighted by atomic mass is 10.2. The van der Waals surface area contributed by atoms with Gasteiger partial charge in [0, 0.05) is 30.0 Å². The summed E-state index contributed by atoms with van der Waals surface area (Å²) in [7, 11) is 0. The Kier molecular flexibility index (Phi) is 5.08. The van der Waals surface area contributed by atoms with Crippen LogP contribution in [-0.4, -0.2) is 29.2 Å². The number of amides is 1. The van der Waals surface area contributed by atoms with Crippen LogP contribution in [0.1, 0.15) is 39.3 Å². The van der Waals surface area contributed by atoms with Crippen molar-refractivity contribution in [2.24, 2.45) is 0 Å². The van der Waals surface area contributed by atoms with Gasteiger partial charge in [-0.2, -0.15) is 4.98 Å². The average molecular weight is 369 g/mol. The highest BCUT2D eigenvalue weighted by Gasteiger charge is 2.20. The van der Waals surface area contributed by atoms with Crippen molar-refractivity contribution in [3.8, 4) is 11.5 Å². The topological polar surface area (TPSA) is 77.3 Å². The minimum absolute atomic E-state index is 0.0778. The highest BCUT2D eigenvalue weighted by atomic mass is 32.1. The Morgan fingerprint density at radius 1 is 1.23 bits per heavy atom. The van der Waals surface area contributed by atoms with Crippen molar-refractivity contribution in [1.29, 1.82) is 0 Å². The predicted molar refractivity (Wildman–Crippen MR) is 98.0 cm³/mol. The van der Waals surface area contributed by atoms with Gasteiger partial charge in [-0.05, 0) is 37.1 Å². The van der Waals surface area contributed by atoms with Crippen LogP contribution in [0.4, 0.5) is 0 Å². The quantitative estimate of drug-likeness (QED) is 0.718. The van der Waals surface area contributed by atoms with E-state index in [2.05, 4.69) is 15.5 Å². The molecule has 1 atom stereocenters. The summed E-state index contributed by atoms with van der Waals surface area (Å²) in [5.41, 5.74) is 0.885. The lowest BCUT2D eigenvalue weighted by Crippen LogP contribution is -2.25. The molecule has 3 heterocycles. The van der Waals surface area contributed by atoms with Crippen LogP contribution in [-0.2, 0) is 11.2 Å². The minimum atomic E-state index is -0.0778. The Morgan fingerprint density at radius 2 is 2.12 bits per heavy atom. The molecule has 1 aliphatic heterocycles. The number of aromatic nitrogens is 2. The molecule has 1 saturated heterocycles. The predicted octanol–water partition coefficient (Wildman–Crippen LogP) is 3.62. The molecule has 3 aromatic rings. The molecule has 0 aliphatic carbocycles. The molecule has 134 valence electrons. The third-order valence-corrected chi connectivity index (χ3v) is 5.40. The van der Waals surface area contributed by atoms with E-state index in [1.807, 2.05) is 42.5 Å². The van der Waals surface area contributed by atoms with Gasteiger partial charge in [0.1, 0.15) is 0 Å². The summed E-state index contributed by atoms with van der Waals surface area (Å²) in [6.45, 7) is 1.26. The number of nitrogens with zero attached hydrogens (tertiary/aromatic N) is 2. The molecule has 0 bridgehead atoms. The van der Waals surface area contributed by atoms with Gasteiger partial charge in [-0.1, -0.05) is 23.4 Å². The van der Waals surface area contributed by atoms with Crippen molar-refractivity contribution in [3.05, 3.63) is 58.0 Å². The van der Waals surface area contributed by atoms with Crippen molar-refractivity contribution < 1.29 is 14.1 Å². The van der Waals surface area contributed by atoms with Crippen LogP contribution in [0.15, 0.2) is 47.0 Å². The number of thiophene rings is 1. The molecular weight excluding hydrogens is 350 g/mol. The van der Waals surface area contributed by atoms with Crippen LogP contribution < -0.4 is 5.32 Å². The molecule has 1 aromatic carbocycles. The SMILES string of the molecule is O=C(NCCc1noc(-c2ccccc2)n1)c1ccc(C2CCCO2)s1. The smallest absolute Gasteiger partial charge is 0.261 e. The fraction of sp³-hybridized carbons (Fsp3) is 0.316. The summed E-state index contributed by atoms with van der Waals surface area (Å²) in [5.74, 6) is 0.993. The van der Waals surface area contributed by atoms with E-state index in [9.17, 15) is 4.79 Å². The molecule has 6 nitrogen and oxygen atoms in total. The number of carbonyl (C=O) groups excluding carboxylic acids is 1. The van der Waals surface area contributed by atoms with Gasteiger partial charge in [0.2, 0.25) is 0 Å². The molecule has 7 heteroatoms. The first-order chi connectivity index (χ1) is 12.8.